The topological polar surface area (TPSA) is 66.7 Å². The Labute approximate surface area is 195 Å². The molecule has 180 valence electrons. The molecule has 1 unspecified atom stereocenters. The summed E-state index contributed by atoms with van der Waals surface area (Å²) < 4.78 is 94.9. The van der Waals surface area contributed by atoms with Crippen LogP contribution in [0.25, 0.3) is 33.0 Å². The Bertz CT molecular complexity index is 1290. The van der Waals surface area contributed by atoms with Crippen molar-refractivity contribution in [3.8, 4) is 33.0 Å². The number of benzene rings is 1. The summed E-state index contributed by atoms with van der Waals surface area (Å²) in [4.78, 5) is 6.75. The van der Waals surface area contributed by atoms with Gasteiger partial charge in [-0.15, -0.1) is 11.3 Å². The zero-order valence-electron chi connectivity index (χ0n) is 16.5. The SMILES string of the molecule is OC(Cn1ncc(-c2[nH]cc(-c3c(F)cccc3Cl)c2-c2nccs2)c1C(F)(F)F)C(F)(F)F. The van der Waals surface area contributed by atoms with Crippen LogP contribution in [0.1, 0.15) is 5.69 Å². The van der Waals surface area contributed by atoms with Gasteiger partial charge in [0, 0.05) is 40.0 Å². The van der Waals surface area contributed by atoms with Gasteiger partial charge in [-0.1, -0.05) is 17.7 Å². The fourth-order valence-electron chi connectivity index (χ4n) is 3.43. The van der Waals surface area contributed by atoms with Crippen molar-refractivity contribution >= 4 is 22.9 Å². The van der Waals surface area contributed by atoms with Crippen molar-refractivity contribution in [2.24, 2.45) is 0 Å². The van der Waals surface area contributed by atoms with Gasteiger partial charge in [0.2, 0.25) is 0 Å². The Morgan fingerprint density at radius 3 is 2.44 bits per heavy atom. The molecule has 1 aromatic carbocycles. The Morgan fingerprint density at radius 2 is 1.85 bits per heavy atom. The lowest BCUT2D eigenvalue weighted by molar-refractivity contribution is -0.209. The Balaban J connectivity index is 1.95. The minimum absolute atomic E-state index is 0.0107. The second kappa shape index (κ2) is 8.71. The van der Waals surface area contributed by atoms with E-state index < -0.39 is 42.1 Å². The number of thiazole rings is 1. The van der Waals surface area contributed by atoms with Crippen LogP contribution in [0.5, 0.6) is 0 Å². The highest BCUT2D eigenvalue weighted by atomic mass is 35.5. The van der Waals surface area contributed by atoms with E-state index in [1.54, 1.807) is 5.38 Å². The first-order valence-corrected chi connectivity index (χ1v) is 10.6. The van der Waals surface area contributed by atoms with Gasteiger partial charge < -0.3 is 10.1 Å². The molecule has 4 rings (SSSR count). The number of hydrogen-bond acceptors (Lipinski definition) is 4. The van der Waals surface area contributed by atoms with Crippen molar-refractivity contribution in [2.75, 3.05) is 0 Å². The number of nitrogens with one attached hydrogen (secondary N) is 1. The number of hydrogen-bond donors (Lipinski definition) is 2. The van der Waals surface area contributed by atoms with Gasteiger partial charge >= 0.3 is 12.4 Å². The largest absolute Gasteiger partial charge is 0.433 e. The predicted molar refractivity (Wildman–Crippen MR) is 111 cm³/mol. The molecule has 5 nitrogen and oxygen atoms in total. The van der Waals surface area contributed by atoms with Gasteiger partial charge in [-0.05, 0) is 12.1 Å². The molecule has 0 saturated carbocycles. The quantitative estimate of drug-likeness (QED) is 0.297. The lowest BCUT2D eigenvalue weighted by atomic mass is 9.99. The Kier molecular flexibility index (Phi) is 6.21. The molecule has 1 atom stereocenters. The van der Waals surface area contributed by atoms with Crippen LogP contribution in [0.4, 0.5) is 30.7 Å². The van der Waals surface area contributed by atoms with E-state index in [2.05, 4.69) is 15.1 Å². The van der Waals surface area contributed by atoms with Crippen molar-refractivity contribution in [1.82, 2.24) is 19.7 Å². The van der Waals surface area contributed by atoms with Crippen LogP contribution in [-0.2, 0) is 12.7 Å². The molecular formula is C20H12ClF7N4OS. The van der Waals surface area contributed by atoms with E-state index in [4.69, 9.17) is 11.6 Å². The van der Waals surface area contributed by atoms with Crippen molar-refractivity contribution in [3.05, 3.63) is 58.7 Å². The molecule has 0 bridgehead atoms. The summed E-state index contributed by atoms with van der Waals surface area (Å²) in [6.07, 6.45) is -10.0. The molecule has 0 saturated heterocycles. The number of rotatable bonds is 5. The monoisotopic (exact) mass is 524 g/mol. The van der Waals surface area contributed by atoms with Crippen LogP contribution in [0.2, 0.25) is 5.02 Å². The molecule has 34 heavy (non-hydrogen) atoms. The molecule has 0 spiro atoms. The molecule has 14 heteroatoms. The number of H-pyrrole nitrogens is 1. The summed E-state index contributed by atoms with van der Waals surface area (Å²) >= 11 is 7.21. The summed E-state index contributed by atoms with van der Waals surface area (Å²) in [5, 5.41) is 14.5. The summed E-state index contributed by atoms with van der Waals surface area (Å²) in [6, 6.07) is 3.88. The van der Waals surface area contributed by atoms with Crippen LogP contribution in [0.15, 0.2) is 42.2 Å². The number of aromatic amines is 1. The normalized spacial score (nSPS) is 13.4. The number of aromatic nitrogens is 4. The van der Waals surface area contributed by atoms with Gasteiger partial charge in [0.1, 0.15) is 10.8 Å². The molecule has 3 heterocycles. The molecule has 0 amide bonds. The van der Waals surface area contributed by atoms with E-state index in [0.717, 1.165) is 23.6 Å². The van der Waals surface area contributed by atoms with E-state index in [0.29, 0.717) is 0 Å². The fraction of sp³-hybridized carbons (Fsp3) is 0.200. The van der Waals surface area contributed by atoms with Crippen LogP contribution < -0.4 is 0 Å². The molecule has 4 aromatic rings. The molecule has 3 aromatic heterocycles. The van der Waals surface area contributed by atoms with Crippen molar-refractivity contribution in [2.45, 2.75) is 25.0 Å². The van der Waals surface area contributed by atoms with Gasteiger partial charge in [-0.3, -0.25) is 4.68 Å². The number of alkyl halides is 6. The number of aliphatic hydroxyl groups is 1. The highest BCUT2D eigenvalue weighted by Gasteiger charge is 2.44. The summed E-state index contributed by atoms with van der Waals surface area (Å²) in [7, 11) is 0. The van der Waals surface area contributed by atoms with Gasteiger partial charge in [-0.25, -0.2) is 9.37 Å². The van der Waals surface area contributed by atoms with Crippen LogP contribution in [0.3, 0.4) is 0 Å². The van der Waals surface area contributed by atoms with Crippen molar-refractivity contribution in [1.29, 1.82) is 0 Å². The maximum atomic E-state index is 14.7. The molecule has 0 fully saturated rings. The lowest BCUT2D eigenvalue weighted by Crippen LogP contribution is -2.34. The molecule has 0 aliphatic rings. The standard InChI is InChI=1S/C20H12ClF7N4OS/c21-11-2-1-3-12(22)14(11)9-6-30-16(15(9)18-29-4-5-34-18)10-7-31-32(17(10)20(26,27)28)8-13(33)19(23,24)25/h1-7,13,30,33H,8H2. The minimum Gasteiger partial charge on any atom is -0.382 e. The molecule has 2 N–H and O–H groups in total. The number of nitrogens with zero attached hydrogens (tertiary/aromatic N) is 3. The predicted octanol–water partition coefficient (Wildman–Crippen LogP) is 6.40. The first kappa shape index (κ1) is 24.2. The van der Waals surface area contributed by atoms with Crippen molar-refractivity contribution in [3.63, 3.8) is 0 Å². The lowest BCUT2D eigenvalue weighted by Gasteiger charge is -2.18. The Hall–Kier alpha value is -2.90. The van der Waals surface area contributed by atoms with Gasteiger partial charge in [-0.2, -0.15) is 31.4 Å². The minimum atomic E-state index is -5.15. The smallest absolute Gasteiger partial charge is 0.382 e. The average Bonchev–Trinajstić information content (AvgIpc) is 3.45. The average molecular weight is 525 g/mol. The van der Waals surface area contributed by atoms with Crippen LogP contribution in [-0.4, -0.2) is 37.1 Å². The second-order valence-electron chi connectivity index (χ2n) is 7.03. The van der Waals surface area contributed by atoms with Crippen molar-refractivity contribution < 1.29 is 35.8 Å². The highest BCUT2D eigenvalue weighted by Crippen LogP contribution is 2.46. The fourth-order valence-corrected chi connectivity index (χ4v) is 4.40. The maximum Gasteiger partial charge on any atom is 0.433 e. The third-order valence-corrected chi connectivity index (χ3v) is 5.97. The molecular weight excluding hydrogens is 513 g/mol. The van der Waals surface area contributed by atoms with E-state index in [9.17, 15) is 35.8 Å². The number of aliphatic hydroxyl groups excluding tert-OH is 1. The molecule has 0 aliphatic carbocycles. The van der Waals surface area contributed by atoms with Gasteiger partial charge in [0.15, 0.2) is 11.8 Å². The Morgan fingerprint density at radius 1 is 1.12 bits per heavy atom. The maximum absolute atomic E-state index is 14.7. The van der Waals surface area contributed by atoms with E-state index in [-0.39, 0.29) is 37.1 Å². The van der Waals surface area contributed by atoms with Gasteiger partial charge in [0.05, 0.1) is 23.5 Å². The molecule has 0 radical (unpaired) electrons. The zero-order valence-corrected chi connectivity index (χ0v) is 18.1. The summed E-state index contributed by atoms with van der Waals surface area (Å²) in [5.41, 5.74) is -2.27. The first-order valence-electron chi connectivity index (χ1n) is 9.33. The highest BCUT2D eigenvalue weighted by molar-refractivity contribution is 7.13. The number of halogens is 8. The van der Waals surface area contributed by atoms with E-state index in [1.165, 1.54) is 24.5 Å². The summed E-state index contributed by atoms with van der Waals surface area (Å²) in [6.45, 7) is -1.47. The third kappa shape index (κ3) is 4.42. The van der Waals surface area contributed by atoms with E-state index in [1.807, 2.05) is 0 Å². The van der Waals surface area contributed by atoms with E-state index >= 15 is 0 Å². The molecule has 0 aliphatic heterocycles. The van der Waals surface area contributed by atoms with Crippen LogP contribution in [0, 0.1) is 5.82 Å². The first-order chi connectivity index (χ1) is 15.9. The van der Waals surface area contributed by atoms with Crippen LogP contribution >= 0.6 is 22.9 Å². The van der Waals surface area contributed by atoms with Gasteiger partial charge in [0.25, 0.3) is 0 Å². The second-order valence-corrected chi connectivity index (χ2v) is 8.33. The third-order valence-electron chi connectivity index (χ3n) is 4.86. The summed E-state index contributed by atoms with van der Waals surface area (Å²) in [5.74, 6) is -0.740. The zero-order chi connectivity index (χ0) is 24.8.